The van der Waals surface area contributed by atoms with E-state index in [0.29, 0.717) is 12.1 Å². The molecule has 1 saturated heterocycles. The topological polar surface area (TPSA) is 32.3 Å². The van der Waals surface area contributed by atoms with Crippen molar-refractivity contribution in [2.45, 2.75) is 71.0 Å². The van der Waals surface area contributed by atoms with Crippen molar-refractivity contribution in [3.63, 3.8) is 0 Å². The number of hydrogen-bond donors (Lipinski definition) is 1. The summed E-state index contributed by atoms with van der Waals surface area (Å²) >= 11 is 0. The fraction of sp³-hybridized carbons (Fsp3) is 0.800. The van der Waals surface area contributed by atoms with Crippen LogP contribution in [0.2, 0.25) is 0 Å². The van der Waals surface area contributed by atoms with Gasteiger partial charge in [0.25, 0.3) is 0 Å². The summed E-state index contributed by atoms with van der Waals surface area (Å²) in [6.07, 6.45) is 10.3. The van der Waals surface area contributed by atoms with E-state index < -0.39 is 0 Å². The lowest BCUT2D eigenvalue weighted by atomic mass is 10.2. The average molecular weight is 250 g/mol. The first-order valence-electron chi connectivity index (χ1n) is 7.06. The zero-order valence-corrected chi connectivity index (χ0v) is 11.9. The molecule has 3 atom stereocenters. The molecule has 3 nitrogen and oxygen atoms in total. The molecule has 18 heavy (non-hydrogen) atoms. The Bertz CT molecular complexity index is 298. The van der Waals surface area contributed by atoms with Crippen LogP contribution in [0.5, 0.6) is 0 Å². The van der Waals surface area contributed by atoms with Gasteiger partial charge in [0.15, 0.2) is 0 Å². The van der Waals surface area contributed by atoms with Gasteiger partial charge in [-0.2, -0.15) is 0 Å². The van der Waals surface area contributed by atoms with Gasteiger partial charge in [0.2, 0.25) is 5.91 Å². The molecule has 0 saturated carbocycles. The van der Waals surface area contributed by atoms with Crippen LogP contribution in [0.25, 0.3) is 0 Å². The largest absolute Gasteiger partial charge is 0.355 e. The Morgan fingerprint density at radius 1 is 1.39 bits per heavy atom. The minimum absolute atomic E-state index is 0.0230. The highest BCUT2D eigenvalue weighted by atomic mass is 16.2. The van der Waals surface area contributed by atoms with E-state index in [1.165, 1.54) is 12.8 Å². The molecule has 1 N–H and O–H groups in total. The van der Waals surface area contributed by atoms with Crippen LogP contribution in [0.1, 0.15) is 52.9 Å². The van der Waals surface area contributed by atoms with Gasteiger partial charge in [0.05, 0.1) is 6.04 Å². The SMILES string of the molecule is C#CCCCCNC(=O)[C@H](C)N1[C@H](C)CC[C@H]1C. The van der Waals surface area contributed by atoms with Crippen molar-refractivity contribution in [2.75, 3.05) is 6.54 Å². The van der Waals surface area contributed by atoms with Gasteiger partial charge in [-0.25, -0.2) is 0 Å². The van der Waals surface area contributed by atoms with E-state index in [1.54, 1.807) is 0 Å². The van der Waals surface area contributed by atoms with Crippen LogP contribution in [0.3, 0.4) is 0 Å². The summed E-state index contributed by atoms with van der Waals surface area (Å²) in [6, 6.07) is 1.01. The van der Waals surface area contributed by atoms with Gasteiger partial charge >= 0.3 is 0 Å². The molecule has 0 radical (unpaired) electrons. The van der Waals surface area contributed by atoms with Crippen molar-refractivity contribution in [1.29, 1.82) is 0 Å². The Labute approximate surface area is 111 Å². The maximum Gasteiger partial charge on any atom is 0.237 e. The van der Waals surface area contributed by atoms with E-state index >= 15 is 0 Å². The number of hydrogen-bond acceptors (Lipinski definition) is 2. The van der Waals surface area contributed by atoms with Crippen molar-refractivity contribution in [3.05, 3.63) is 0 Å². The van der Waals surface area contributed by atoms with Crippen LogP contribution >= 0.6 is 0 Å². The number of nitrogens with one attached hydrogen (secondary N) is 1. The number of unbranched alkanes of at least 4 members (excludes halogenated alkanes) is 2. The van der Waals surface area contributed by atoms with Crippen LogP contribution in [0, 0.1) is 12.3 Å². The van der Waals surface area contributed by atoms with Crippen molar-refractivity contribution < 1.29 is 4.79 Å². The smallest absolute Gasteiger partial charge is 0.237 e. The molecule has 0 aliphatic carbocycles. The third-order valence-electron chi connectivity index (χ3n) is 3.89. The lowest BCUT2D eigenvalue weighted by Gasteiger charge is -2.31. The summed E-state index contributed by atoms with van der Waals surface area (Å²) in [4.78, 5) is 14.4. The molecule has 1 amide bonds. The lowest BCUT2D eigenvalue weighted by Crippen LogP contribution is -2.49. The van der Waals surface area contributed by atoms with Crippen LogP contribution < -0.4 is 5.32 Å². The number of rotatable bonds is 6. The second-order valence-corrected chi connectivity index (χ2v) is 5.35. The first kappa shape index (κ1) is 15.0. The van der Waals surface area contributed by atoms with Crippen LogP contribution in [-0.4, -0.2) is 35.5 Å². The lowest BCUT2D eigenvalue weighted by molar-refractivity contribution is -0.126. The molecule has 0 unspecified atom stereocenters. The number of nitrogens with zero attached hydrogens (tertiary/aromatic N) is 1. The Morgan fingerprint density at radius 3 is 2.56 bits per heavy atom. The van der Waals surface area contributed by atoms with Gasteiger partial charge < -0.3 is 5.32 Å². The molecule has 102 valence electrons. The van der Waals surface area contributed by atoms with Gasteiger partial charge in [-0.3, -0.25) is 9.69 Å². The molecule has 0 bridgehead atoms. The molecular weight excluding hydrogens is 224 g/mol. The van der Waals surface area contributed by atoms with E-state index in [2.05, 4.69) is 30.0 Å². The fourth-order valence-electron chi connectivity index (χ4n) is 2.83. The number of carbonyl (C=O) groups is 1. The number of terminal acetylenes is 1. The fourth-order valence-corrected chi connectivity index (χ4v) is 2.83. The van der Waals surface area contributed by atoms with Crippen molar-refractivity contribution in [1.82, 2.24) is 10.2 Å². The zero-order chi connectivity index (χ0) is 13.5. The average Bonchev–Trinajstić information content (AvgIpc) is 2.67. The maximum atomic E-state index is 12.1. The Balaban J connectivity index is 2.30. The van der Waals surface area contributed by atoms with E-state index in [0.717, 1.165) is 25.8 Å². The Morgan fingerprint density at radius 2 is 2.00 bits per heavy atom. The zero-order valence-electron chi connectivity index (χ0n) is 11.9. The molecule has 1 aliphatic rings. The molecule has 1 fully saturated rings. The summed E-state index contributed by atoms with van der Waals surface area (Å²) in [5, 5.41) is 3.01. The van der Waals surface area contributed by atoms with Crippen LogP contribution in [-0.2, 0) is 4.79 Å². The van der Waals surface area contributed by atoms with Crippen LogP contribution in [0.4, 0.5) is 0 Å². The molecule has 3 heteroatoms. The second kappa shape index (κ2) is 7.43. The Hall–Kier alpha value is -1.01. The standard InChI is InChI=1S/C15H26N2O/c1-5-6-7-8-11-16-15(18)14(4)17-12(2)9-10-13(17)3/h1,12-14H,6-11H2,2-4H3,(H,16,18)/t12-,13-,14+/m1/s1. The molecule has 0 aromatic carbocycles. The van der Waals surface area contributed by atoms with Crippen molar-refractivity contribution in [3.8, 4) is 12.3 Å². The first-order chi connectivity index (χ1) is 8.57. The normalized spacial score (nSPS) is 25.7. The van der Waals surface area contributed by atoms with Crippen LogP contribution in [0.15, 0.2) is 0 Å². The molecule has 0 spiro atoms. The van der Waals surface area contributed by atoms with E-state index in [1.807, 2.05) is 6.92 Å². The number of likely N-dealkylation sites (tertiary alicyclic amines) is 1. The monoisotopic (exact) mass is 250 g/mol. The summed E-state index contributed by atoms with van der Waals surface area (Å²) in [7, 11) is 0. The summed E-state index contributed by atoms with van der Waals surface area (Å²) in [6.45, 7) is 7.16. The predicted molar refractivity (Wildman–Crippen MR) is 75.2 cm³/mol. The number of carbonyl (C=O) groups excluding carboxylic acids is 1. The minimum atomic E-state index is -0.0230. The molecule has 1 heterocycles. The van der Waals surface area contributed by atoms with Gasteiger partial charge in [-0.05, 0) is 46.5 Å². The summed E-state index contributed by atoms with van der Waals surface area (Å²) in [5.74, 6) is 2.76. The van der Waals surface area contributed by atoms with Crippen molar-refractivity contribution in [2.24, 2.45) is 0 Å². The summed E-state index contributed by atoms with van der Waals surface area (Å²) < 4.78 is 0. The molecule has 0 aromatic heterocycles. The Kier molecular flexibility index (Phi) is 6.21. The van der Waals surface area contributed by atoms with Crippen molar-refractivity contribution >= 4 is 5.91 Å². The third-order valence-corrected chi connectivity index (χ3v) is 3.89. The highest BCUT2D eigenvalue weighted by Crippen LogP contribution is 2.25. The molecular formula is C15H26N2O. The quantitative estimate of drug-likeness (QED) is 0.579. The number of amides is 1. The minimum Gasteiger partial charge on any atom is -0.355 e. The van der Waals surface area contributed by atoms with E-state index in [4.69, 9.17) is 6.42 Å². The second-order valence-electron chi connectivity index (χ2n) is 5.35. The van der Waals surface area contributed by atoms with E-state index in [9.17, 15) is 4.79 Å². The highest BCUT2D eigenvalue weighted by molar-refractivity contribution is 5.81. The molecule has 1 rings (SSSR count). The van der Waals surface area contributed by atoms with Gasteiger partial charge in [0, 0.05) is 25.0 Å². The van der Waals surface area contributed by atoms with Gasteiger partial charge in [-0.15, -0.1) is 12.3 Å². The first-order valence-corrected chi connectivity index (χ1v) is 7.06. The molecule has 1 aliphatic heterocycles. The summed E-state index contributed by atoms with van der Waals surface area (Å²) in [5.41, 5.74) is 0. The predicted octanol–water partition coefficient (Wildman–Crippen LogP) is 2.17. The maximum absolute atomic E-state index is 12.1. The molecule has 0 aromatic rings. The van der Waals surface area contributed by atoms with E-state index in [-0.39, 0.29) is 11.9 Å². The van der Waals surface area contributed by atoms with Gasteiger partial charge in [0.1, 0.15) is 0 Å². The third kappa shape index (κ3) is 4.03. The highest BCUT2D eigenvalue weighted by Gasteiger charge is 2.33. The van der Waals surface area contributed by atoms with Gasteiger partial charge in [-0.1, -0.05) is 0 Å².